The van der Waals surface area contributed by atoms with Crippen LogP contribution in [0.2, 0.25) is 10.0 Å². The van der Waals surface area contributed by atoms with Gasteiger partial charge in [-0.1, -0.05) is 23.2 Å². The van der Waals surface area contributed by atoms with Crippen LogP contribution in [0.3, 0.4) is 0 Å². The fraction of sp³-hybridized carbons (Fsp3) is 0.267. The highest BCUT2D eigenvalue weighted by atomic mass is 35.5. The zero-order valence-corrected chi connectivity index (χ0v) is 15.1. The smallest absolute Gasteiger partial charge is 0.350 e. The molecule has 0 spiro atoms. The van der Waals surface area contributed by atoms with E-state index in [1.165, 1.54) is 0 Å². The van der Waals surface area contributed by atoms with Gasteiger partial charge in [-0.2, -0.15) is 36.7 Å². The third-order valence-electron chi connectivity index (χ3n) is 3.91. The molecule has 1 aliphatic heterocycles. The van der Waals surface area contributed by atoms with Crippen molar-refractivity contribution >= 4 is 35.4 Å². The van der Waals surface area contributed by atoms with Crippen molar-refractivity contribution in [1.82, 2.24) is 14.7 Å². The first-order chi connectivity index (χ1) is 12.9. The van der Waals surface area contributed by atoms with E-state index in [-0.39, 0.29) is 5.69 Å². The number of hydrogen-bond acceptors (Lipinski definition) is 4. The van der Waals surface area contributed by atoms with Crippen LogP contribution in [-0.2, 0) is 6.18 Å². The Balaban J connectivity index is 2.29. The zero-order valence-electron chi connectivity index (χ0n) is 13.6. The van der Waals surface area contributed by atoms with E-state index in [2.05, 4.69) is 10.1 Å². The lowest BCUT2D eigenvalue weighted by molar-refractivity contribution is -0.173. The predicted molar refractivity (Wildman–Crippen MR) is 88.0 cm³/mol. The summed E-state index contributed by atoms with van der Waals surface area (Å²) in [7, 11) is 1.11. The number of hydrogen-bond donors (Lipinski definition) is 0. The van der Waals surface area contributed by atoms with Gasteiger partial charge in [0.2, 0.25) is 0 Å². The summed E-state index contributed by atoms with van der Waals surface area (Å²) in [5.41, 5.74) is -2.62. The second-order valence-corrected chi connectivity index (χ2v) is 6.56. The summed E-state index contributed by atoms with van der Waals surface area (Å²) < 4.78 is 80.0. The first kappa shape index (κ1) is 20.3. The van der Waals surface area contributed by atoms with E-state index < -0.39 is 51.1 Å². The number of alkyl halides is 6. The minimum atomic E-state index is -4.77. The third kappa shape index (κ3) is 3.27. The van der Waals surface area contributed by atoms with Gasteiger partial charge >= 0.3 is 12.4 Å². The van der Waals surface area contributed by atoms with Crippen LogP contribution in [0.25, 0.3) is 5.69 Å². The quantitative estimate of drug-likeness (QED) is 0.565. The Bertz CT molecular complexity index is 995. The maximum atomic E-state index is 13.5. The van der Waals surface area contributed by atoms with E-state index >= 15 is 0 Å². The Morgan fingerprint density at radius 3 is 2.14 bits per heavy atom. The van der Waals surface area contributed by atoms with Gasteiger partial charge in [0.05, 0.1) is 27.5 Å². The molecular weight excluding hydrogens is 435 g/mol. The summed E-state index contributed by atoms with van der Waals surface area (Å²) in [6.45, 7) is 0. The van der Waals surface area contributed by atoms with Crippen molar-refractivity contribution in [2.24, 2.45) is 4.99 Å². The van der Waals surface area contributed by atoms with Crippen LogP contribution >= 0.6 is 23.2 Å². The molecule has 2 aromatic rings. The maximum absolute atomic E-state index is 13.5. The fourth-order valence-electron chi connectivity index (χ4n) is 2.78. The topological polar surface area (TPSA) is 57.2 Å². The number of nitriles is 1. The van der Waals surface area contributed by atoms with E-state index in [1.54, 1.807) is 6.07 Å². The lowest BCUT2D eigenvalue weighted by atomic mass is 10.0. The van der Waals surface area contributed by atoms with Gasteiger partial charge in [-0.3, -0.25) is 0 Å². The van der Waals surface area contributed by atoms with Gasteiger partial charge in [-0.05, 0) is 12.1 Å². The summed E-state index contributed by atoms with van der Waals surface area (Å²) >= 11 is 11.8. The molecule has 0 amide bonds. The van der Waals surface area contributed by atoms with E-state index in [0.29, 0.717) is 12.1 Å². The monoisotopic (exact) mass is 441 g/mol. The third-order valence-corrected chi connectivity index (χ3v) is 4.49. The van der Waals surface area contributed by atoms with Crippen LogP contribution in [0.5, 0.6) is 0 Å². The minimum Gasteiger partial charge on any atom is -0.350 e. The van der Waals surface area contributed by atoms with Crippen LogP contribution in [0.1, 0.15) is 22.9 Å². The molecule has 0 fully saturated rings. The summed E-state index contributed by atoms with van der Waals surface area (Å²) in [6.07, 6.45) is -8.65. The number of nitrogens with zero attached hydrogens (tertiary/aromatic N) is 5. The van der Waals surface area contributed by atoms with Crippen molar-refractivity contribution in [1.29, 1.82) is 5.26 Å². The van der Waals surface area contributed by atoms with E-state index in [4.69, 9.17) is 23.2 Å². The molecular formula is C15H7Cl2F6N5. The molecule has 1 aliphatic rings. The minimum absolute atomic E-state index is 0.322. The van der Waals surface area contributed by atoms with Crippen molar-refractivity contribution in [3.8, 4) is 11.8 Å². The van der Waals surface area contributed by atoms with Crippen molar-refractivity contribution < 1.29 is 26.3 Å². The molecule has 0 bridgehead atoms. The van der Waals surface area contributed by atoms with Crippen molar-refractivity contribution in [3.63, 3.8) is 0 Å². The number of fused-ring (bicyclic) bond motifs is 1. The van der Waals surface area contributed by atoms with Crippen LogP contribution in [0.4, 0.5) is 32.2 Å². The lowest BCUT2D eigenvalue weighted by Gasteiger charge is -2.30. The molecule has 2 heterocycles. The molecule has 13 heteroatoms. The van der Waals surface area contributed by atoms with Gasteiger partial charge in [0.15, 0.2) is 17.6 Å². The summed E-state index contributed by atoms with van der Waals surface area (Å²) in [5.74, 6) is -0.402. The lowest BCUT2D eigenvalue weighted by Crippen LogP contribution is -2.37. The molecule has 28 heavy (non-hydrogen) atoms. The molecule has 0 saturated carbocycles. The molecule has 1 aromatic heterocycles. The summed E-state index contributed by atoms with van der Waals surface area (Å²) in [6, 6.07) is 0.434. The summed E-state index contributed by atoms with van der Waals surface area (Å²) in [5, 5.41) is 11.9. The highest BCUT2D eigenvalue weighted by molar-refractivity contribution is 6.38. The Morgan fingerprint density at radius 2 is 1.68 bits per heavy atom. The predicted octanol–water partition coefficient (Wildman–Crippen LogP) is 5.28. The first-order valence-corrected chi connectivity index (χ1v) is 8.04. The van der Waals surface area contributed by atoms with Gasteiger partial charge in [0, 0.05) is 7.05 Å². The second kappa shape index (κ2) is 6.56. The SMILES string of the molecule is CN1C=Nc2c(c(C#N)nn2-c2c(Cl)cc(C(F)(F)F)cc2Cl)C1C(F)(F)F. The Hall–Kier alpha value is -2.45. The van der Waals surface area contributed by atoms with Crippen molar-refractivity contribution in [2.75, 3.05) is 7.05 Å². The molecule has 1 atom stereocenters. The number of benzene rings is 1. The largest absolute Gasteiger partial charge is 0.416 e. The van der Waals surface area contributed by atoms with E-state index in [1.807, 2.05) is 0 Å². The first-order valence-electron chi connectivity index (χ1n) is 7.28. The molecule has 0 radical (unpaired) electrons. The van der Waals surface area contributed by atoms with Gasteiger partial charge in [-0.25, -0.2) is 9.67 Å². The van der Waals surface area contributed by atoms with Gasteiger partial charge < -0.3 is 4.90 Å². The average molecular weight is 442 g/mol. The second-order valence-electron chi connectivity index (χ2n) is 5.75. The molecule has 0 N–H and O–H groups in total. The van der Waals surface area contributed by atoms with Crippen LogP contribution in [0, 0.1) is 11.3 Å². The molecule has 1 unspecified atom stereocenters. The number of aromatic nitrogens is 2. The van der Waals surface area contributed by atoms with E-state index in [0.717, 1.165) is 23.0 Å². The standard InChI is InChI=1S/C15H7Cl2F6N5/c1-27-5-25-13-10(12(27)15(21,22)23)9(4-24)26-28(13)11-7(16)2-6(3-8(11)17)14(18,19)20/h2-3,5,12H,1H3. The Morgan fingerprint density at radius 1 is 1.11 bits per heavy atom. The van der Waals surface area contributed by atoms with Crippen molar-refractivity contribution in [3.05, 3.63) is 39.0 Å². The molecule has 3 rings (SSSR count). The normalized spacial score (nSPS) is 16.9. The van der Waals surface area contributed by atoms with Gasteiger partial charge in [-0.15, -0.1) is 0 Å². The van der Waals surface area contributed by atoms with Gasteiger partial charge in [0.25, 0.3) is 0 Å². The maximum Gasteiger partial charge on any atom is 0.416 e. The highest BCUT2D eigenvalue weighted by Gasteiger charge is 2.49. The van der Waals surface area contributed by atoms with Crippen LogP contribution in [-0.4, -0.2) is 34.2 Å². The zero-order chi connectivity index (χ0) is 21.0. The van der Waals surface area contributed by atoms with Crippen LogP contribution in [0.15, 0.2) is 17.1 Å². The number of halogens is 8. The fourth-order valence-corrected chi connectivity index (χ4v) is 3.43. The van der Waals surface area contributed by atoms with Crippen molar-refractivity contribution in [2.45, 2.75) is 18.4 Å². The molecule has 1 aromatic carbocycles. The highest BCUT2D eigenvalue weighted by Crippen LogP contribution is 2.46. The Kier molecular flexibility index (Phi) is 4.75. The number of aliphatic imine (C=N–C) groups is 1. The van der Waals surface area contributed by atoms with E-state index in [9.17, 15) is 31.6 Å². The van der Waals surface area contributed by atoms with Gasteiger partial charge in [0.1, 0.15) is 11.8 Å². The number of rotatable bonds is 1. The molecule has 0 saturated heterocycles. The summed E-state index contributed by atoms with van der Waals surface area (Å²) in [4.78, 5) is 4.59. The Labute approximate surface area is 163 Å². The molecule has 5 nitrogen and oxygen atoms in total. The van der Waals surface area contributed by atoms with Crippen LogP contribution < -0.4 is 0 Å². The molecule has 148 valence electrons. The molecule has 0 aliphatic carbocycles. The average Bonchev–Trinajstić information content (AvgIpc) is 2.90.